The van der Waals surface area contributed by atoms with Crippen molar-refractivity contribution < 1.29 is 9.72 Å². The number of carbonyl (C=O) groups is 1. The molecule has 2 aromatic carbocycles. The number of nitrogens with zero attached hydrogens (tertiary/aromatic N) is 4. The van der Waals surface area contributed by atoms with E-state index in [1.807, 2.05) is 11.0 Å². The average molecular weight is 336 g/mol. The van der Waals surface area contributed by atoms with Crippen LogP contribution in [0.5, 0.6) is 0 Å². The topological polar surface area (TPSA) is 90.5 Å². The molecule has 0 radical (unpaired) electrons. The Morgan fingerprint density at radius 1 is 1.04 bits per heavy atom. The van der Waals surface area contributed by atoms with Crippen LogP contribution in [0.15, 0.2) is 48.5 Å². The molecule has 7 nitrogen and oxygen atoms in total. The van der Waals surface area contributed by atoms with Crippen molar-refractivity contribution >= 4 is 17.3 Å². The number of para-hydroxylation sites is 2. The van der Waals surface area contributed by atoms with Gasteiger partial charge < -0.3 is 9.80 Å². The Hall–Kier alpha value is -3.40. The number of carbonyl (C=O) groups excluding carboxylic acids is 1. The fourth-order valence-corrected chi connectivity index (χ4v) is 2.91. The highest BCUT2D eigenvalue weighted by Gasteiger charge is 2.25. The average Bonchev–Trinajstić information content (AvgIpc) is 2.67. The van der Waals surface area contributed by atoms with E-state index in [2.05, 4.69) is 0 Å². The third-order valence-electron chi connectivity index (χ3n) is 4.25. The lowest BCUT2D eigenvalue weighted by Crippen LogP contribution is -2.48. The summed E-state index contributed by atoms with van der Waals surface area (Å²) in [6.45, 7) is 2.05. The van der Waals surface area contributed by atoms with Crippen molar-refractivity contribution in [2.45, 2.75) is 0 Å². The standard InChI is InChI=1S/C18H16N4O3/c19-13-14-5-7-15(8-6-14)18(23)21-11-9-20(10-12-21)16-3-1-2-4-17(16)22(24)25/h1-8H,9-12H2. The number of nitriles is 1. The van der Waals surface area contributed by atoms with Gasteiger partial charge in [-0.3, -0.25) is 14.9 Å². The maximum Gasteiger partial charge on any atom is 0.292 e. The Morgan fingerprint density at radius 2 is 1.68 bits per heavy atom. The molecule has 0 saturated carbocycles. The van der Waals surface area contributed by atoms with Crippen molar-refractivity contribution in [3.05, 3.63) is 69.8 Å². The maximum absolute atomic E-state index is 12.5. The smallest absolute Gasteiger partial charge is 0.292 e. The molecule has 1 aliphatic heterocycles. The molecule has 3 rings (SSSR count). The summed E-state index contributed by atoms with van der Waals surface area (Å²) < 4.78 is 0. The highest BCUT2D eigenvalue weighted by atomic mass is 16.6. The summed E-state index contributed by atoms with van der Waals surface area (Å²) in [5.74, 6) is -0.0910. The van der Waals surface area contributed by atoms with Crippen LogP contribution in [0.1, 0.15) is 15.9 Å². The number of rotatable bonds is 3. The van der Waals surface area contributed by atoms with Gasteiger partial charge in [0.1, 0.15) is 5.69 Å². The first-order chi connectivity index (χ1) is 12.1. The van der Waals surface area contributed by atoms with Crippen molar-refractivity contribution in [3.8, 4) is 6.07 Å². The van der Waals surface area contributed by atoms with Gasteiger partial charge in [-0.1, -0.05) is 12.1 Å². The van der Waals surface area contributed by atoms with Crippen LogP contribution in [-0.2, 0) is 0 Å². The first kappa shape index (κ1) is 16.5. The third-order valence-corrected chi connectivity index (χ3v) is 4.25. The normalized spacial score (nSPS) is 14.0. The number of anilines is 1. The molecule has 0 N–H and O–H groups in total. The molecule has 0 bridgehead atoms. The van der Waals surface area contributed by atoms with Crippen LogP contribution in [0, 0.1) is 21.4 Å². The first-order valence-corrected chi connectivity index (χ1v) is 7.88. The zero-order valence-corrected chi connectivity index (χ0v) is 13.5. The number of nitro groups is 1. The largest absolute Gasteiger partial charge is 0.362 e. The summed E-state index contributed by atoms with van der Waals surface area (Å²) >= 11 is 0. The van der Waals surface area contributed by atoms with Gasteiger partial charge in [0.2, 0.25) is 0 Å². The molecule has 0 aliphatic carbocycles. The van der Waals surface area contributed by atoms with Gasteiger partial charge >= 0.3 is 0 Å². The van der Waals surface area contributed by atoms with E-state index in [-0.39, 0.29) is 16.5 Å². The molecule has 126 valence electrons. The van der Waals surface area contributed by atoms with Crippen molar-refractivity contribution in [1.29, 1.82) is 5.26 Å². The second kappa shape index (κ2) is 7.01. The summed E-state index contributed by atoms with van der Waals surface area (Å²) in [5, 5.41) is 20.0. The lowest BCUT2D eigenvalue weighted by Gasteiger charge is -2.35. The van der Waals surface area contributed by atoms with Crippen LogP contribution in [-0.4, -0.2) is 41.9 Å². The van der Waals surface area contributed by atoms with Gasteiger partial charge in [-0.15, -0.1) is 0 Å². The van der Waals surface area contributed by atoms with E-state index < -0.39 is 0 Å². The molecule has 1 fully saturated rings. The van der Waals surface area contributed by atoms with E-state index in [0.717, 1.165) is 0 Å². The molecule has 1 saturated heterocycles. The van der Waals surface area contributed by atoms with Crippen LogP contribution in [0.3, 0.4) is 0 Å². The number of hydrogen-bond donors (Lipinski definition) is 0. The van der Waals surface area contributed by atoms with Crippen LogP contribution >= 0.6 is 0 Å². The molecule has 25 heavy (non-hydrogen) atoms. The van der Waals surface area contributed by atoms with Crippen LogP contribution in [0.25, 0.3) is 0 Å². The predicted octanol–water partition coefficient (Wildman–Crippen LogP) is 2.43. The summed E-state index contributed by atoms with van der Waals surface area (Å²) in [7, 11) is 0. The van der Waals surface area contributed by atoms with Crippen molar-refractivity contribution in [1.82, 2.24) is 4.90 Å². The second-order valence-corrected chi connectivity index (χ2v) is 5.71. The molecular formula is C18H16N4O3. The molecule has 0 spiro atoms. The molecule has 1 heterocycles. The first-order valence-electron chi connectivity index (χ1n) is 7.88. The van der Waals surface area contributed by atoms with E-state index in [1.54, 1.807) is 47.4 Å². The molecule has 0 atom stereocenters. The Balaban J connectivity index is 1.68. The molecular weight excluding hydrogens is 320 g/mol. The lowest BCUT2D eigenvalue weighted by atomic mass is 10.1. The molecule has 0 aromatic heterocycles. The molecule has 1 aliphatic rings. The van der Waals surface area contributed by atoms with Crippen molar-refractivity contribution in [2.24, 2.45) is 0 Å². The minimum absolute atomic E-state index is 0.0781. The zero-order chi connectivity index (χ0) is 17.8. The van der Waals surface area contributed by atoms with Crippen molar-refractivity contribution in [2.75, 3.05) is 31.1 Å². The van der Waals surface area contributed by atoms with Crippen LogP contribution < -0.4 is 4.90 Å². The number of nitro benzene ring substituents is 1. The Kier molecular flexibility index (Phi) is 4.61. The molecule has 7 heteroatoms. The molecule has 0 unspecified atom stereocenters. The highest BCUT2D eigenvalue weighted by Crippen LogP contribution is 2.28. The minimum atomic E-state index is -0.385. The number of benzene rings is 2. The number of piperazine rings is 1. The Morgan fingerprint density at radius 3 is 2.28 bits per heavy atom. The van der Waals surface area contributed by atoms with Gasteiger partial charge in [0.25, 0.3) is 11.6 Å². The van der Waals surface area contributed by atoms with Crippen molar-refractivity contribution in [3.63, 3.8) is 0 Å². The maximum atomic E-state index is 12.5. The zero-order valence-electron chi connectivity index (χ0n) is 13.5. The minimum Gasteiger partial charge on any atom is -0.362 e. The number of amides is 1. The monoisotopic (exact) mass is 336 g/mol. The van der Waals surface area contributed by atoms with E-state index >= 15 is 0 Å². The quantitative estimate of drug-likeness (QED) is 0.634. The SMILES string of the molecule is N#Cc1ccc(C(=O)N2CCN(c3ccccc3[N+](=O)[O-])CC2)cc1. The van der Waals surface area contributed by atoms with E-state index in [4.69, 9.17) is 5.26 Å². The summed E-state index contributed by atoms with van der Waals surface area (Å²) in [6.07, 6.45) is 0. The fraction of sp³-hybridized carbons (Fsp3) is 0.222. The van der Waals surface area contributed by atoms with Gasteiger partial charge in [0.05, 0.1) is 16.6 Å². The van der Waals surface area contributed by atoms with Crippen LogP contribution in [0.4, 0.5) is 11.4 Å². The highest BCUT2D eigenvalue weighted by molar-refractivity contribution is 5.94. The van der Waals surface area contributed by atoms with Gasteiger partial charge in [0, 0.05) is 37.8 Å². The lowest BCUT2D eigenvalue weighted by molar-refractivity contribution is -0.384. The third kappa shape index (κ3) is 3.43. The van der Waals surface area contributed by atoms with E-state index in [1.165, 1.54) is 6.07 Å². The number of hydrogen-bond acceptors (Lipinski definition) is 5. The molecule has 1 amide bonds. The molecule has 2 aromatic rings. The van der Waals surface area contributed by atoms with Gasteiger partial charge in [0.15, 0.2) is 0 Å². The summed E-state index contributed by atoms with van der Waals surface area (Å²) in [5.41, 5.74) is 1.71. The van der Waals surface area contributed by atoms with Gasteiger partial charge in [-0.25, -0.2) is 0 Å². The predicted molar refractivity (Wildman–Crippen MR) is 92.4 cm³/mol. The van der Waals surface area contributed by atoms with E-state index in [9.17, 15) is 14.9 Å². The summed E-state index contributed by atoms with van der Waals surface area (Å²) in [6, 6.07) is 15.2. The summed E-state index contributed by atoms with van der Waals surface area (Å²) in [4.78, 5) is 27.0. The van der Waals surface area contributed by atoms with Gasteiger partial charge in [-0.05, 0) is 30.3 Å². The second-order valence-electron chi connectivity index (χ2n) is 5.71. The van der Waals surface area contributed by atoms with E-state index in [0.29, 0.717) is 43.0 Å². The Labute approximate surface area is 144 Å². The van der Waals surface area contributed by atoms with Crippen LogP contribution in [0.2, 0.25) is 0 Å². The van der Waals surface area contributed by atoms with Gasteiger partial charge in [-0.2, -0.15) is 5.26 Å². The fourth-order valence-electron chi connectivity index (χ4n) is 2.91. The Bertz CT molecular complexity index is 834.